The lowest BCUT2D eigenvalue weighted by molar-refractivity contribution is -0.139. The van der Waals surface area contributed by atoms with Gasteiger partial charge < -0.3 is 9.73 Å². The van der Waals surface area contributed by atoms with Crippen LogP contribution in [0.5, 0.6) is 0 Å². The summed E-state index contributed by atoms with van der Waals surface area (Å²) in [5, 5.41) is 3.14. The van der Waals surface area contributed by atoms with E-state index in [-0.39, 0.29) is 18.0 Å². The van der Waals surface area contributed by atoms with Gasteiger partial charge in [-0.2, -0.15) is 13.2 Å². The summed E-state index contributed by atoms with van der Waals surface area (Å²) in [5.74, 6) is -0.567. The highest BCUT2D eigenvalue weighted by molar-refractivity contribution is 5.85. The van der Waals surface area contributed by atoms with Crippen molar-refractivity contribution in [3.05, 3.63) is 59.3 Å². The summed E-state index contributed by atoms with van der Waals surface area (Å²) in [6.07, 6.45) is -3.24. The Bertz CT molecular complexity index is 655. The number of nitrogens with one attached hydrogen (secondary N) is 1. The van der Waals surface area contributed by atoms with Crippen LogP contribution in [0.15, 0.2) is 41.0 Å². The second kappa shape index (κ2) is 7.55. The lowest BCUT2D eigenvalue weighted by Gasteiger charge is -2.35. The molecule has 0 unspecified atom stereocenters. The minimum Gasteiger partial charge on any atom is -0.467 e. The number of furan rings is 1. The number of hydrogen-bond acceptors (Lipinski definition) is 3. The van der Waals surface area contributed by atoms with E-state index in [1.54, 1.807) is 12.1 Å². The maximum Gasteiger partial charge on any atom is 0.416 e. The highest BCUT2D eigenvalue weighted by atomic mass is 35.5. The average molecular weight is 365 g/mol. The summed E-state index contributed by atoms with van der Waals surface area (Å²) in [6.45, 7) is 2.29. The van der Waals surface area contributed by atoms with Crippen molar-refractivity contribution in [2.24, 2.45) is 0 Å². The van der Waals surface area contributed by atoms with E-state index in [4.69, 9.17) is 4.42 Å². The van der Waals surface area contributed by atoms with Crippen LogP contribution >= 0.6 is 12.4 Å². The van der Waals surface area contributed by atoms with E-state index in [0.717, 1.165) is 18.2 Å². The molecule has 24 heavy (non-hydrogen) atoms. The van der Waals surface area contributed by atoms with Crippen molar-refractivity contribution in [1.29, 1.82) is 0 Å². The molecule has 3 rings (SSSR count). The Morgan fingerprint density at radius 2 is 1.79 bits per heavy atom. The van der Waals surface area contributed by atoms with Gasteiger partial charge in [-0.25, -0.2) is 4.39 Å². The Labute approximate surface area is 143 Å². The number of piperazine rings is 1. The van der Waals surface area contributed by atoms with Crippen LogP contribution in [0.1, 0.15) is 22.9 Å². The minimum absolute atomic E-state index is 0. The van der Waals surface area contributed by atoms with Crippen LogP contribution in [0, 0.1) is 5.82 Å². The van der Waals surface area contributed by atoms with Crippen LogP contribution < -0.4 is 5.32 Å². The van der Waals surface area contributed by atoms with Gasteiger partial charge in [0.25, 0.3) is 0 Å². The van der Waals surface area contributed by atoms with Crippen molar-refractivity contribution in [3.8, 4) is 0 Å². The highest BCUT2D eigenvalue weighted by Gasteiger charge is 2.39. The number of nitrogens with zero attached hydrogens (tertiary/aromatic N) is 1. The molecule has 1 aromatic carbocycles. The molecule has 1 aliphatic heterocycles. The molecule has 1 aliphatic rings. The van der Waals surface area contributed by atoms with Gasteiger partial charge in [-0.1, -0.05) is 6.07 Å². The lowest BCUT2D eigenvalue weighted by atomic mass is 9.95. The minimum atomic E-state index is -4.63. The van der Waals surface area contributed by atoms with E-state index in [0.29, 0.717) is 31.9 Å². The fraction of sp³-hybridized carbons (Fsp3) is 0.375. The Morgan fingerprint density at radius 1 is 1.08 bits per heavy atom. The second-order valence-corrected chi connectivity index (χ2v) is 5.40. The molecular weight excluding hydrogens is 348 g/mol. The van der Waals surface area contributed by atoms with E-state index in [9.17, 15) is 17.6 Å². The molecule has 0 spiro atoms. The highest BCUT2D eigenvalue weighted by Crippen LogP contribution is 2.40. The fourth-order valence-electron chi connectivity index (χ4n) is 2.95. The molecule has 2 heterocycles. The van der Waals surface area contributed by atoms with Crippen LogP contribution in [-0.2, 0) is 6.18 Å². The molecule has 1 aromatic heterocycles. The van der Waals surface area contributed by atoms with Gasteiger partial charge in [-0.15, -0.1) is 12.4 Å². The smallest absolute Gasteiger partial charge is 0.416 e. The van der Waals surface area contributed by atoms with Gasteiger partial charge >= 0.3 is 6.18 Å². The summed E-state index contributed by atoms with van der Waals surface area (Å²) in [7, 11) is 0. The lowest BCUT2D eigenvalue weighted by Crippen LogP contribution is -2.46. The summed E-state index contributed by atoms with van der Waals surface area (Å²) in [6, 6.07) is 5.33. The molecule has 2 aromatic rings. The molecule has 0 saturated carbocycles. The van der Waals surface area contributed by atoms with Crippen LogP contribution in [0.2, 0.25) is 0 Å². The molecule has 3 nitrogen and oxygen atoms in total. The third kappa shape index (κ3) is 3.74. The zero-order valence-corrected chi connectivity index (χ0v) is 13.5. The first-order valence-corrected chi connectivity index (χ1v) is 7.32. The standard InChI is InChI=1S/C16H16F4N2O.ClH/c17-12-4-1-3-11(16(18,19)20)14(12)15(13-5-2-10-23-13)22-8-6-21-7-9-22;/h1-5,10,15,21H,6-9H2;1H/t15-;/m0./s1. The van der Waals surface area contributed by atoms with E-state index in [2.05, 4.69) is 5.32 Å². The van der Waals surface area contributed by atoms with E-state index in [1.165, 1.54) is 6.26 Å². The monoisotopic (exact) mass is 364 g/mol. The number of halogens is 5. The summed E-state index contributed by atoms with van der Waals surface area (Å²) in [4.78, 5) is 1.81. The zero-order valence-electron chi connectivity index (χ0n) is 12.6. The van der Waals surface area contributed by atoms with Crippen molar-refractivity contribution < 1.29 is 22.0 Å². The molecular formula is C16H17ClF4N2O. The topological polar surface area (TPSA) is 28.4 Å². The third-order valence-electron chi connectivity index (χ3n) is 3.96. The van der Waals surface area contributed by atoms with Gasteiger partial charge in [0.2, 0.25) is 0 Å². The van der Waals surface area contributed by atoms with E-state index >= 15 is 0 Å². The molecule has 1 fully saturated rings. The maximum absolute atomic E-state index is 14.4. The molecule has 0 aliphatic carbocycles. The third-order valence-corrected chi connectivity index (χ3v) is 3.96. The van der Waals surface area contributed by atoms with Crippen LogP contribution in [-0.4, -0.2) is 31.1 Å². The van der Waals surface area contributed by atoms with Crippen molar-refractivity contribution in [2.45, 2.75) is 12.2 Å². The fourth-order valence-corrected chi connectivity index (χ4v) is 2.95. The molecule has 1 saturated heterocycles. The largest absolute Gasteiger partial charge is 0.467 e. The Morgan fingerprint density at radius 3 is 2.38 bits per heavy atom. The zero-order chi connectivity index (χ0) is 16.4. The average Bonchev–Trinajstić information content (AvgIpc) is 3.03. The second-order valence-electron chi connectivity index (χ2n) is 5.40. The molecule has 8 heteroatoms. The predicted octanol–water partition coefficient (Wildman–Crippen LogP) is 3.85. The van der Waals surface area contributed by atoms with Gasteiger partial charge in [0.15, 0.2) is 0 Å². The maximum atomic E-state index is 14.4. The van der Waals surface area contributed by atoms with E-state index < -0.39 is 23.6 Å². The first-order valence-electron chi connectivity index (χ1n) is 7.32. The Hall–Kier alpha value is -1.57. The molecule has 0 bridgehead atoms. The molecule has 0 radical (unpaired) electrons. The molecule has 132 valence electrons. The molecule has 1 atom stereocenters. The van der Waals surface area contributed by atoms with Crippen LogP contribution in [0.3, 0.4) is 0 Å². The van der Waals surface area contributed by atoms with Crippen molar-refractivity contribution in [3.63, 3.8) is 0 Å². The van der Waals surface area contributed by atoms with Crippen LogP contribution in [0.4, 0.5) is 17.6 Å². The quantitative estimate of drug-likeness (QED) is 0.838. The first kappa shape index (κ1) is 18.8. The number of alkyl halides is 3. The van der Waals surface area contributed by atoms with Gasteiger partial charge in [-0.3, -0.25) is 4.90 Å². The summed E-state index contributed by atoms with van der Waals surface area (Å²) in [5.41, 5.74) is -1.34. The first-order chi connectivity index (χ1) is 11.0. The summed E-state index contributed by atoms with van der Waals surface area (Å²) >= 11 is 0. The number of rotatable bonds is 3. The SMILES string of the molecule is Cl.Fc1cccc(C(F)(F)F)c1[C@H](c1ccco1)N1CCNCC1. The van der Waals surface area contributed by atoms with Gasteiger partial charge in [0.05, 0.1) is 17.9 Å². The normalized spacial score (nSPS) is 17.3. The summed E-state index contributed by atoms with van der Waals surface area (Å²) < 4.78 is 59.8. The Balaban J connectivity index is 0.00000208. The van der Waals surface area contributed by atoms with Gasteiger partial charge in [-0.05, 0) is 24.3 Å². The van der Waals surface area contributed by atoms with E-state index in [1.807, 2.05) is 4.90 Å². The molecule has 0 amide bonds. The van der Waals surface area contributed by atoms with Crippen LogP contribution in [0.25, 0.3) is 0 Å². The van der Waals surface area contributed by atoms with Crippen molar-refractivity contribution >= 4 is 12.4 Å². The van der Waals surface area contributed by atoms with Gasteiger partial charge in [0.1, 0.15) is 11.6 Å². The molecule has 1 N–H and O–H groups in total. The Kier molecular flexibility index (Phi) is 5.90. The van der Waals surface area contributed by atoms with Crippen molar-refractivity contribution in [1.82, 2.24) is 10.2 Å². The number of hydrogen-bond donors (Lipinski definition) is 1. The van der Waals surface area contributed by atoms with Crippen molar-refractivity contribution in [2.75, 3.05) is 26.2 Å². The number of benzene rings is 1. The predicted molar refractivity (Wildman–Crippen MR) is 83.6 cm³/mol. The van der Waals surface area contributed by atoms with Gasteiger partial charge in [0, 0.05) is 31.7 Å².